The van der Waals surface area contributed by atoms with E-state index in [1.807, 2.05) is 12.1 Å². The lowest BCUT2D eigenvalue weighted by atomic mass is 9.68. The summed E-state index contributed by atoms with van der Waals surface area (Å²) in [6.07, 6.45) is 1.02. The third-order valence-electron chi connectivity index (χ3n) is 3.66. The minimum Gasteiger partial charge on any atom is -0.379 e. The first kappa shape index (κ1) is 11.9. The van der Waals surface area contributed by atoms with E-state index in [2.05, 4.69) is 19.1 Å². The molecule has 2 rings (SSSR count). The zero-order chi connectivity index (χ0) is 11.6. The third kappa shape index (κ3) is 1.97. The second kappa shape index (κ2) is 4.74. The lowest BCUT2D eigenvalue weighted by Gasteiger charge is -2.46. The van der Waals surface area contributed by atoms with E-state index in [0.717, 1.165) is 31.2 Å². The van der Waals surface area contributed by atoms with Gasteiger partial charge in [0.05, 0.1) is 13.2 Å². The summed E-state index contributed by atoms with van der Waals surface area (Å²) in [4.78, 5) is 0. The topological polar surface area (TPSA) is 35.2 Å². The third-order valence-corrected chi connectivity index (χ3v) is 3.90. The number of rotatable bonds is 4. The van der Waals surface area contributed by atoms with Gasteiger partial charge < -0.3 is 10.5 Å². The molecule has 1 unspecified atom stereocenters. The van der Waals surface area contributed by atoms with Crippen molar-refractivity contribution >= 4 is 11.6 Å². The lowest BCUT2D eigenvalue weighted by molar-refractivity contribution is -0.0883. The Kier molecular flexibility index (Phi) is 3.53. The lowest BCUT2D eigenvalue weighted by Crippen LogP contribution is -2.52. The summed E-state index contributed by atoms with van der Waals surface area (Å²) in [6.45, 7) is 4.54. The molecule has 0 aromatic heterocycles. The molecule has 2 N–H and O–H groups in total. The molecule has 1 fully saturated rings. The summed E-state index contributed by atoms with van der Waals surface area (Å²) in [7, 11) is 0. The molecule has 0 amide bonds. The van der Waals surface area contributed by atoms with Crippen LogP contribution >= 0.6 is 11.6 Å². The monoisotopic (exact) mass is 239 g/mol. The summed E-state index contributed by atoms with van der Waals surface area (Å²) in [5.74, 6) is 0.532. The Morgan fingerprint density at radius 3 is 2.75 bits per heavy atom. The van der Waals surface area contributed by atoms with Crippen molar-refractivity contribution in [2.24, 2.45) is 11.7 Å². The largest absolute Gasteiger partial charge is 0.379 e. The summed E-state index contributed by atoms with van der Waals surface area (Å²) in [5.41, 5.74) is 7.06. The molecule has 1 saturated heterocycles. The van der Waals surface area contributed by atoms with Gasteiger partial charge >= 0.3 is 0 Å². The molecule has 1 aromatic rings. The number of benzene rings is 1. The van der Waals surface area contributed by atoms with Crippen LogP contribution in [0.3, 0.4) is 0 Å². The Morgan fingerprint density at radius 1 is 1.50 bits per heavy atom. The van der Waals surface area contributed by atoms with Crippen molar-refractivity contribution in [2.75, 3.05) is 19.8 Å². The van der Waals surface area contributed by atoms with E-state index in [-0.39, 0.29) is 5.41 Å². The van der Waals surface area contributed by atoms with Crippen molar-refractivity contribution < 1.29 is 4.74 Å². The predicted molar refractivity (Wildman–Crippen MR) is 66.8 cm³/mol. The average molecular weight is 240 g/mol. The first-order chi connectivity index (χ1) is 7.69. The molecule has 0 radical (unpaired) electrons. The Labute approximate surface area is 102 Å². The van der Waals surface area contributed by atoms with Gasteiger partial charge in [0.2, 0.25) is 0 Å². The first-order valence-corrected chi connectivity index (χ1v) is 6.11. The van der Waals surface area contributed by atoms with E-state index in [4.69, 9.17) is 22.1 Å². The maximum absolute atomic E-state index is 6.05. The number of hydrogen-bond acceptors (Lipinski definition) is 2. The molecule has 3 heteroatoms. The molecule has 2 nitrogen and oxygen atoms in total. The van der Waals surface area contributed by atoms with Gasteiger partial charge in [-0.1, -0.05) is 30.7 Å². The van der Waals surface area contributed by atoms with Gasteiger partial charge in [-0.3, -0.25) is 0 Å². The van der Waals surface area contributed by atoms with Gasteiger partial charge in [0, 0.05) is 10.4 Å². The van der Waals surface area contributed by atoms with Crippen molar-refractivity contribution in [3.05, 3.63) is 34.9 Å². The standard InChI is InChI=1S/C13H18ClNO/c1-10(5-6-15)13(8-16-9-13)11-3-2-4-12(14)7-11/h2-4,7,10H,5-6,8-9,15H2,1H3. The molecule has 1 atom stereocenters. The number of nitrogens with two attached hydrogens (primary N) is 1. The smallest absolute Gasteiger partial charge is 0.0588 e. The summed E-state index contributed by atoms with van der Waals surface area (Å²) < 4.78 is 5.42. The van der Waals surface area contributed by atoms with Crippen molar-refractivity contribution in [1.82, 2.24) is 0 Å². The van der Waals surface area contributed by atoms with Gasteiger partial charge in [-0.2, -0.15) is 0 Å². The van der Waals surface area contributed by atoms with Crippen molar-refractivity contribution in [1.29, 1.82) is 0 Å². The molecule has 0 aliphatic carbocycles. The second-order valence-electron chi connectivity index (χ2n) is 4.64. The highest BCUT2D eigenvalue weighted by molar-refractivity contribution is 6.30. The summed E-state index contributed by atoms with van der Waals surface area (Å²) >= 11 is 6.05. The van der Waals surface area contributed by atoms with Crippen LogP contribution in [0.5, 0.6) is 0 Å². The summed E-state index contributed by atoms with van der Waals surface area (Å²) in [5, 5.41) is 0.795. The van der Waals surface area contributed by atoms with E-state index in [1.54, 1.807) is 0 Å². The van der Waals surface area contributed by atoms with Crippen LogP contribution in [0.4, 0.5) is 0 Å². The van der Waals surface area contributed by atoms with Crippen LogP contribution in [0.15, 0.2) is 24.3 Å². The molecule has 1 heterocycles. The van der Waals surface area contributed by atoms with Gasteiger partial charge in [-0.05, 0) is 36.6 Å². The number of ether oxygens (including phenoxy) is 1. The van der Waals surface area contributed by atoms with Crippen LogP contribution in [-0.4, -0.2) is 19.8 Å². The van der Waals surface area contributed by atoms with Crippen LogP contribution in [0.25, 0.3) is 0 Å². The molecule has 0 bridgehead atoms. The quantitative estimate of drug-likeness (QED) is 0.877. The Bertz CT molecular complexity index is 363. The van der Waals surface area contributed by atoms with E-state index < -0.39 is 0 Å². The molecule has 1 aromatic carbocycles. The summed E-state index contributed by atoms with van der Waals surface area (Å²) in [6, 6.07) is 8.11. The predicted octanol–water partition coefficient (Wildman–Crippen LogP) is 2.59. The second-order valence-corrected chi connectivity index (χ2v) is 5.07. The minimum atomic E-state index is 0.129. The molecular formula is C13H18ClNO. The highest BCUT2D eigenvalue weighted by Crippen LogP contribution is 2.41. The maximum atomic E-state index is 6.05. The van der Waals surface area contributed by atoms with Crippen molar-refractivity contribution in [2.45, 2.75) is 18.8 Å². The van der Waals surface area contributed by atoms with Crippen LogP contribution in [0, 0.1) is 5.92 Å². The van der Waals surface area contributed by atoms with Crippen LogP contribution in [0.2, 0.25) is 5.02 Å². The molecule has 16 heavy (non-hydrogen) atoms. The normalized spacial score (nSPS) is 20.2. The Balaban J connectivity index is 2.27. The van der Waals surface area contributed by atoms with Crippen molar-refractivity contribution in [3.63, 3.8) is 0 Å². The van der Waals surface area contributed by atoms with Gasteiger partial charge in [0.15, 0.2) is 0 Å². The van der Waals surface area contributed by atoms with E-state index >= 15 is 0 Å². The average Bonchev–Trinajstić information content (AvgIpc) is 2.16. The molecule has 1 aliphatic heterocycles. The van der Waals surface area contributed by atoms with Gasteiger partial charge in [0.1, 0.15) is 0 Å². The highest BCUT2D eigenvalue weighted by atomic mass is 35.5. The van der Waals surface area contributed by atoms with Gasteiger partial charge in [-0.15, -0.1) is 0 Å². The Morgan fingerprint density at radius 2 is 2.25 bits per heavy atom. The zero-order valence-electron chi connectivity index (χ0n) is 9.58. The molecule has 0 spiro atoms. The molecule has 0 saturated carbocycles. The number of halogens is 1. The van der Waals surface area contributed by atoms with Crippen molar-refractivity contribution in [3.8, 4) is 0 Å². The molecular weight excluding hydrogens is 222 g/mol. The van der Waals surface area contributed by atoms with Crippen LogP contribution in [0.1, 0.15) is 18.9 Å². The SMILES string of the molecule is CC(CCN)C1(c2cccc(Cl)c2)COC1. The maximum Gasteiger partial charge on any atom is 0.0588 e. The fraction of sp³-hybridized carbons (Fsp3) is 0.538. The van der Waals surface area contributed by atoms with E-state index in [0.29, 0.717) is 5.92 Å². The van der Waals surface area contributed by atoms with Gasteiger partial charge in [0.25, 0.3) is 0 Å². The van der Waals surface area contributed by atoms with E-state index in [9.17, 15) is 0 Å². The van der Waals surface area contributed by atoms with Gasteiger partial charge in [-0.25, -0.2) is 0 Å². The fourth-order valence-electron chi connectivity index (χ4n) is 2.38. The first-order valence-electron chi connectivity index (χ1n) is 5.73. The van der Waals surface area contributed by atoms with Crippen LogP contribution in [-0.2, 0) is 10.2 Å². The molecule has 1 aliphatic rings. The number of hydrogen-bond donors (Lipinski definition) is 1. The Hall–Kier alpha value is -0.570. The fourth-order valence-corrected chi connectivity index (χ4v) is 2.57. The zero-order valence-corrected chi connectivity index (χ0v) is 10.3. The highest BCUT2D eigenvalue weighted by Gasteiger charge is 2.44. The van der Waals surface area contributed by atoms with Crippen LogP contribution < -0.4 is 5.73 Å². The minimum absolute atomic E-state index is 0.129. The van der Waals surface area contributed by atoms with E-state index in [1.165, 1.54) is 5.56 Å². The molecule has 88 valence electrons.